The van der Waals surface area contributed by atoms with Gasteiger partial charge in [-0.1, -0.05) is 25.5 Å². The molecule has 1 N–H and O–H groups in total. The van der Waals surface area contributed by atoms with Crippen molar-refractivity contribution in [1.29, 1.82) is 0 Å². The van der Waals surface area contributed by atoms with Crippen LogP contribution in [0.5, 0.6) is 0 Å². The van der Waals surface area contributed by atoms with Gasteiger partial charge in [-0.05, 0) is 53.2 Å². The standard InChI is InChI=1S/C17H23BrN2O/c1-11(2)9-14-15(17(14,3)4)16(21)19-8-7-13-6-5-12(18)10-20-13/h5-6,9-10,14-15H,7-8H2,1-4H3,(H,19,21). The third-order valence-electron chi connectivity index (χ3n) is 4.18. The van der Waals surface area contributed by atoms with Crippen molar-refractivity contribution in [1.82, 2.24) is 10.3 Å². The number of carbonyl (C=O) groups is 1. The molecule has 114 valence electrons. The number of hydrogen-bond acceptors (Lipinski definition) is 2. The molecule has 1 aromatic heterocycles. The maximum absolute atomic E-state index is 12.3. The van der Waals surface area contributed by atoms with Crippen molar-refractivity contribution >= 4 is 21.8 Å². The van der Waals surface area contributed by atoms with Gasteiger partial charge in [-0.2, -0.15) is 0 Å². The van der Waals surface area contributed by atoms with Gasteiger partial charge in [0.05, 0.1) is 5.92 Å². The van der Waals surface area contributed by atoms with E-state index in [1.807, 2.05) is 12.1 Å². The van der Waals surface area contributed by atoms with Crippen molar-refractivity contribution in [2.75, 3.05) is 6.54 Å². The minimum atomic E-state index is 0.0806. The molecule has 1 aromatic rings. The van der Waals surface area contributed by atoms with Gasteiger partial charge in [-0.25, -0.2) is 0 Å². The van der Waals surface area contributed by atoms with E-state index in [4.69, 9.17) is 0 Å². The summed E-state index contributed by atoms with van der Waals surface area (Å²) in [5.41, 5.74) is 2.36. The normalized spacial score (nSPS) is 22.5. The maximum atomic E-state index is 12.3. The molecule has 1 saturated carbocycles. The summed E-state index contributed by atoms with van der Waals surface area (Å²) in [6, 6.07) is 3.95. The van der Waals surface area contributed by atoms with E-state index >= 15 is 0 Å². The lowest BCUT2D eigenvalue weighted by molar-refractivity contribution is -0.123. The molecule has 4 heteroatoms. The Labute approximate surface area is 135 Å². The van der Waals surface area contributed by atoms with Crippen LogP contribution >= 0.6 is 15.9 Å². The number of nitrogens with zero attached hydrogens (tertiary/aromatic N) is 1. The lowest BCUT2D eigenvalue weighted by Gasteiger charge is -2.06. The van der Waals surface area contributed by atoms with E-state index in [0.29, 0.717) is 12.5 Å². The van der Waals surface area contributed by atoms with E-state index in [0.717, 1.165) is 16.6 Å². The number of halogens is 1. The van der Waals surface area contributed by atoms with Crippen LogP contribution < -0.4 is 5.32 Å². The van der Waals surface area contributed by atoms with Gasteiger partial charge in [0.25, 0.3) is 0 Å². The van der Waals surface area contributed by atoms with Crippen molar-refractivity contribution in [3.05, 3.63) is 40.1 Å². The fourth-order valence-electron chi connectivity index (χ4n) is 2.83. The van der Waals surface area contributed by atoms with Crippen LogP contribution in [-0.2, 0) is 11.2 Å². The number of allylic oxidation sites excluding steroid dienone is 2. The molecule has 0 radical (unpaired) electrons. The summed E-state index contributed by atoms with van der Waals surface area (Å²) in [6.07, 6.45) is 4.77. The van der Waals surface area contributed by atoms with E-state index in [2.05, 4.69) is 60.0 Å². The number of hydrogen-bond donors (Lipinski definition) is 1. The first-order valence-electron chi connectivity index (χ1n) is 7.35. The lowest BCUT2D eigenvalue weighted by Crippen LogP contribution is -2.29. The van der Waals surface area contributed by atoms with Crippen LogP contribution in [0.2, 0.25) is 0 Å². The minimum Gasteiger partial charge on any atom is -0.355 e. The van der Waals surface area contributed by atoms with Gasteiger partial charge < -0.3 is 5.32 Å². The zero-order valence-electron chi connectivity index (χ0n) is 13.1. The molecule has 1 aliphatic rings. The van der Waals surface area contributed by atoms with Gasteiger partial charge in [-0.3, -0.25) is 9.78 Å². The zero-order chi connectivity index (χ0) is 15.6. The molecule has 0 spiro atoms. The molecular weight excluding hydrogens is 328 g/mol. The Balaban J connectivity index is 1.83. The average Bonchev–Trinajstić information content (AvgIpc) is 2.92. The van der Waals surface area contributed by atoms with Gasteiger partial charge >= 0.3 is 0 Å². The number of nitrogens with one attached hydrogen (secondary N) is 1. The largest absolute Gasteiger partial charge is 0.355 e. The Morgan fingerprint density at radius 2 is 2.14 bits per heavy atom. The van der Waals surface area contributed by atoms with Crippen LogP contribution in [0.1, 0.15) is 33.4 Å². The third kappa shape index (κ3) is 3.94. The number of pyridine rings is 1. The maximum Gasteiger partial charge on any atom is 0.224 e. The summed E-state index contributed by atoms with van der Waals surface area (Å²) in [6.45, 7) is 9.14. The molecule has 1 amide bonds. The first-order valence-corrected chi connectivity index (χ1v) is 8.15. The van der Waals surface area contributed by atoms with Gasteiger partial charge in [-0.15, -0.1) is 0 Å². The molecule has 0 aromatic carbocycles. The number of rotatable bonds is 5. The van der Waals surface area contributed by atoms with Crippen molar-refractivity contribution in [3.8, 4) is 0 Å². The van der Waals surface area contributed by atoms with Crippen LogP contribution in [0.3, 0.4) is 0 Å². The number of amides is 1. The SMILES string of the molecule is CC(C)=CC1C(C(=O)NCCc2ccc(Br)cn2)C1(C)C. The van der Waals surface area contributed by atoms with Crippen LogP contribution in [0.4, 0.5) is 0 Å². The Bertz CT molecular complexity index is 544. The highest BCUT2D eigenvalue weighted by Crippen LogP contribution is 2.59. The number of carbonyl (C=O) groups excluding carboxylic acids is 1. The highest BCUT2D eigenvalue weighted by Gasteiger charge is 2.60. The average molecular weight is 351 g/mol. The van der Waals surface area contributed by atoms with Crippen molar-refractivity contribution < 1.29 is 4.79 Å². The molecule has 1 heterocycles. The summed E-state index contributed by atoms with van der Waals surface area (Å²) < 4.78 is 0.972. The highest BCUT2D eigenvalue weighted by atomic mass is 79.9. The summed E-state index contributed by atoms with van der Waals surface area (Å²) in [5.74, 6) is 0.637. The summed E-state index contributed by atoms with van der Waals surface area (Å²) in [7, 11) is 0. The molecule has 3 nitrogen and oxygen atoms in total. The Morgan fingerprint density at radius 3 is 2.71 bits per heavy atom. The lowest BCUT2D eigenvalue weighted by atomic mass is 10.1. The van der Waals surface area contributed by atoms with E-state index in [1.165, 1.54) is 5.57 Å². The smallest absolute Gasteiger partial charge is 0.224 e. The summed E-state index contributed by atoms with van der Waals surface area (Å²) in [5, 5.41) is 3.05. The number of aromatic nitrogens is 1. The second-order valence-corrected chi connectivity index (χ2v) is 7.49. The zero-order valence-corrected chi connectivity index (χ0v) is 14.7. The Kier molecular flexibility index (Phi) is 4.87. The van der Waals surface area contributed by atoms with Crippen LogP contribution in [0.15, 0.2) is 34.5 Å². The summed E-state index contributed by atoms with van der Waals surface area (Å²) >= 11 is 3.37. The fraction of sp³-hybridized carbons (Fsp3) is 0.529. The second kappa shape index (κ2) is 6.30. The third-order valence-corrected chi connectivity index (χ3v) is 4.64. The van der Waals surface area contributed by atoms with Crippen molar-refractivity contribution in [3.63, 3.8) is 0 Å². The topological polar surface area (TPSA) is 42.0 Å². The Morgan fingerprint density at radius 1 is 1.43 bits per heavy atom. The molecule has 2 unspecified atom stereocenters. The monoisotopic (exact) mass is 350 g/mol. The van der Waals surface area contributed by atoms with E-state index < -0.39 is 0 Å². The quantitative estimate of drug-likeness (QED) is 0.821. The summed E-state index contributed by atoms with van der Waals surface area (Å²) in [4.78, 5) is 16.6. The van der Waals surface area contributed by atoms with Gasteiger partial charge in [0.1, 0.15) is 0 Å². The second-order valence-electron chi connectivity index (χ2n) is 6.58. The molecule has 0 saturated heterocycles. The predicted octanol–water partition coefficient (Wildman–Crippen LogP) is 3.74. The minimum absolute atomic E-state index is 0.0806. The fourth-order valence-corrected chi connectivity index (χ4v) is 3.06. The first kappa shape index (κ1) is 16.2. The molecular formula is C17H23BrN2O. The molecule has 1 aliphatic carbocycles. The molecule has 0 bridgehead atoms. The van der Waals surface area contributed by atoms with E-state index in [9.17, 15) is 4.79 Å². The molecule has 2 rings (SSSR count). The van der Waals surface area contributed by atoms with Crippen LogP contribution in [-0.4, -0.2) is 17.4 Å². The van der Waals surface area contributed by atoms with Crippen molar-refractivity contribution in [2.45, 2.75) is 34.1 Å². The van der Waals surface area contributed by atoms with Crippen molar-refractivity contribution in [2.24, 2.45) is 17.3 Å². The van der Waals surface area contributed by atoms with E-state index in [1.54, 1.807) is 6.20 Å². The van der Waals surface area contributed by atoms with Gasteiger partial charge in [0, 0.05) is 29.3 Å². The predicted molar refractivity (Wildman–Crippen MR) is 88.8 cm³/mol. The molecule has 21 heavy (non-hydrogen) atoms. The van der Waals surface area contributed by atoms with Crippen LogP contribution in [0.25, 0.3) is 0 Å². The molecule has 1 fully saturated rings. The Hall–Kier alpha value is -1.16. The van der Waals surface area contributed by atoms with Gasteiger partial charge in [0.2, 0.25) is 5.91 Å². The highest BCUT2D eigenvalue weighted by molar-refractivity contribution is 9.10. The molecule has 0 aliphatic heterocycles. The van der Waals surface area contributed by atoms with Gasteiger partial charge in [0.15, 0.2) is 0 Å². The van der Waals surface area contributed by atoms with E-state index in [-0.39, 0.29) is 17.2 Å². The first-order chi connectivity index (χ1) is 9.82. The molecule has 2 atom stereocenters. The van der Waals surface area contributed by atoms with Crippen LogP contribution in [0, 0.1) is 17.3 Å².